The van der Waals surface area contributed by atoms with Crippen molar-refractivity contribution in [2.24, 2.45) is 18.9 Å². The van der Waals surface area contributed by atoms with Gasteiger partial charge in [-0.2, -0.15) is 0 Å². The molecule has 1 heterocycles. The molecule has 1 aromatic heterocycles. The van der Waals surface area contributed by atoms with Crippen LogP contribution in [0.15, 0.2) is 12.4 Å². The lowest BCUT2D eigenvalue weighted by molar-refractivity contribution is 0.318. The maximum atomic E-state index is 4.42. The van der Waals surface area contributed by atoms with Crippen molar-refractivity contribution >= 4 is 0 Å². The van der Waals surface area contributed by atoms with E-state index in [1.807, 2.05) is 12.4 Å². The Labute approximate surface area is 118 Å². The Morgan fingerprint density at radius 2 is 2.00 bits per heavy atom. The molecule has 0 saturated carbocycles. The summed E-state index contributed by atoms with van der Waals surface area (Å²) in [5, 5.41) is 3.64. The minimum atomic E-state index is 0.207. The number of hydrogen-bond donors (Lipinski definition) is 1. The molecule has 1 aromatic rings. The van der Waals surface area contributed by atoms with Crippen molar-refractivity contribution in [3.05, 3.63) is 18.2 Å². The van der Waals surface area contributed by atoms with Gasteiger partial charge in [0.25, 0.3) is 0 Å². The highest BCUT2D eigenvalue weighted by molar-refractivity contribution is 4.91. The van der Waals surface area contributed by atoms with E-state index in [1.54, 1.807) is 0 Å². The van der Waals surface area contributed by atoms with Gasteiger partial charge in [-0.05, 0) is 52.0 Å². The van der Waals surface area contributed by atoms with Crippen molar-refractivity contribution in [2.75, 3.05) is 6.54 Å². The summed E-state index contributed by atoms with van der Waals surface area (Å²) in [7, 11) is 2.08. The summed E-state index contributed by atoms with van der Waals surface area (Å²) < 4.78 is 2.13. The molecule has 0 fully saturated rings. The zero-order chi connectivity index (χ0) is 14.5. The molecular weight excluding hydrogens is 234 g/mol. The van der Waals surface area contributed by atoms with Gasteiger partial charge in [-0.1, -0.05) is 13.8 Å². The molecule has 1 N–H and O–H groups in total. The van der Waals surface area contributed by atoms with E-state index in [4.69, 9.17) is 0 Å². The van der Waals surface area contributed by atoms with Gasteiger partial charge in [-0.25, -0.2) is 4.98 Å². The highest BCUT2D eigenvalue weighted by Gasteiger charge is 2.16. The summed E-state index contributed by atoms with van der Waals surface area (Å²) in [6.45, 7) is 12.4. The number of rotatable bonds is 7. The highest BCUT2D eigenvalue weighted by atomic mass is 15.0. The van der Waals surface area contributed by atoms with Crippen LogP contribution in [0.1, 0.15) is 53.3 Å². The van der Waals surface area contributed by atoms with E-state index in [0.29, 0.717) is 0 Å². The van der Waals surface area contributed by atoms with E-state index < -0.39 is 0 Å². The maximum Gasteiger partial charge on any atom is 0.108 e. The molecule has 0 amide bonds. The summed E-state index contributed by atoms with van der Waals surface area (Å²) >= 11 is 0. The largest absolute Gasteiger partial charge is 0.338 e. The first-order valence-electron chi connectivity index (χ1n) is 7.49. The van der Waals surface area contributed by atoms with Crippen molar-refractivity contribution in [3.63, 3.8) is 0 Å². The van der Waals surface area contributed by atoms with Crippen LogP contribution < -0.4 is 5.32 Å². The Morgan fingerprint density at radius 3 is 2.47 bits per heavy atom. The van der Waals surface area contributed by atoms with Gasteiger partial charge in [0.2, 0.25) is 0 Å². The lowest BCUT2D eigenvalue weighted by atomic mass is 9.91. The van der Waals surface area contributed by atoms with Gasteiger partial charge in [-0.3, -0.25) is 0 Å². The molecule has 0 aliphatic rings. The molecule has 3 nitrogen and oxygen atoms in total. The van der Waals surface area contributed by atoms with Crippen LogP contribution in [0, 0.1) is 11.8 Å². The van der Waals surface area contributed by atoms with E-state index in [2.05, 4.69) is 56.5 Å². The monoisotopic (exact) mass is 265 g/mol. The molecule has 0 saturated heterocycles. The topological polar surface area (TPSA) is 29.9 Å². The Hall–Kier alpha value is -0.830. The number of aromatic nitrogens is 2. The first kappa shape index (κ1) is 16.2. The van der Waals surface area contributed by atoms with Crippen LogP contribution in [0.3, 0.4) is 0 Å². The molecule has 0 bridgehead atoms. The van der Waals surface area contributed by atoms with E-state index in [1.165, 1.54) is 18.7 Å². The van der Waals surface area contributed by atoms with Crippen molar-refractivity contribution in [1.82, 2.24) is 14.9 Å². The van der Waals surface area contributed by atoms with Crippen LogP contribution in [-0.4, -0.2) is 21.6 Å². The third-order valence-corrected chi connectivity index (χ3v) is 3.42. The molecule has 0 aliphatic heterocycles. The standard InChI is InChI=1S/C16H31N3/c1-13(2)11-14(12-18-16(3,4)5)7-8-15-17-9-10-19(15)6/h9-10,13-14,18H,7-8,11-12H2,1-6H3. The summed E-state index contributed by atoms with van der Waals surface area (Å²) in [4.78, 5) is 4.42. The molecule has 1 atom stereocenters. The molecule has 0 spiro atoms. The fourth-order valence-electron chi connectivity index (χ4n) is 2.39. The Bertz CT molecular complexity index is 360. The second-order valence-electron chi connectivity index (χ2n) is 7.12. The van der Waals surface area contributed by atoms with Crippen LogP contribution in [0.4, 0.5) is 0 Å². The summed E-state index contributed by atoms with van der Waals surface area (Å²) in [5.41, 5.74) is 0.207. The first-order valence-corrected chi connectivity index (χ1v) is 7.49. The molecule has 1 unspecified atom stereocenters. The minimum Gasteiger partial charge on any atom is -0.338 e. The van der Waals surface area contributed by atoms with E-state index in [9.17, 15) is 0 Å². The second-order valence-corrected chi connectivity index (χ2v) is 7.12. The summed E-state index contributed by atoms with van der Waals surface area (Å²) in [5.74, 6) is 2.69. The van der Waals surface area contributed by atoms with E-state index in [-0.39, 0.29) is 5.54 Å². The number of hydrogen-bond acceptors (Lipinski definition) is 2. The van der Waals surface area contributed by atoms with Crippen molar-refractivity contribution in [3.8, 4) is 0 Å². The molecule has 0 aliphatic carbocycles. The SMILES string of the molecule is CC(C)CC(CCc1nccn1C)CNC(C)(C)C. The quantitative estimate of drug-likeness (QED) is 0.819. The van der Waals surface area contributed by atoms with Crippen molar-refractivity contribution in [1.29, 1.82) is 0 Å². The minimum absolute atomic E-state index is 0.207. The van der Waals surface area contributed by atoms with Gasteiger partial charge < -0.3 is 9.88 Å². The molecule has 110 valence electrons. The van der Waals surface area contributed by atoms with Crippen LogP contribution in [0.5, 0.6) is 0 Å². The molecule has 0 aromatic carbocycles. The fourth-order valence-corrected chi connectivity index (χ4v) is 2.39. The normalized spacial score (nSPS) is 14.1. The second kappa shape index (κ2) is 7.09. The average Bonchev–Trinajstić information content (AvgIpc) is 2.66. The fraction of sp³-hybridized carbons (Fsp3) is 0.812. The van der Waals surface area contributed by atoms with Gasteiger partial charge in [0.1, 0.15) is 5.82 Å². The van der Waals surface area contributed by atoms with Gasteiger partial charge in [0.05, 0.1) is 0 Å². The molecule has 3 heteroatoms. The number of nitrogens with zero attached hydrogens (tertiary/aromatic N) is 2. The van der Waals surface area contributed by atoms with Crippen LogP contribution in [0.2, 0.25) is 0 Å². The third-order valence-electron chi connectivity index (χ3n) is 3.42. The van der Waals surface area contributed by atoms with Gasteiger partial charge in [0.15, 0.2) is 0 Å². The van der Waals surface area contributed by atoms with Gasteiger partial charge in [-0.15, -0.1) is 0 Å². The van der Waals surface area contributed by atoms with Gasteiger partial charge >= 0.3 is 0 Å². The summed E-state index contributed by atoms with van der Waals surface area (Å²) in [6, 6.07) is 0. The predicted molar refractivity (Wildman–Crippen MR) is 82.2 cm³/mol. The smallest absolute Gasteiger partial charge is 0.108 e. The Kier molecular flexibility index (Phi) is 6.05. The average molecular weight is 265 g/mol. The van der Waals surface area contributed by atoms with E-state index >= 15 is 0 Å². The number of nitrogens with one attached hydrogen (secondary N) is 1. The lowest BCUT2D eigenvalue weighted by Gasteiger charge is -2.26. The molecule has 0 radical (unpaired) electrons. The summed E-state index contributed by atoms with van der Waals surface area (Å²) in [6.07, 6.45) is 7.49. The van der Waals surface area contributed by atoms with E-state index in [0.717, 1.165) is 24.8 Å². The highest BCUT2D eigenvalue weighted by Crippen LogP contribution is 2.18. The maximum absolute atomic E-state index is 4.42. The third kappa shape index (κ3) is 6.76. The lowest BCUT2D eigenvalue weighted by Crippen LogP contribution is -2.39. The predicted octanol–water partition coefficient (Wildman–Crippen LogP) is 3.40. The Morgan fingerprint density at radius 1 is 1.32 bits per heavy atom. The van der Waals surface area contributed by atoms with Gasteiger partial charge in [0, 0.05) is 31.4 Å². The molecular formula is C16H31N3. The zero-order valence-corrected chi connectivity index (χ0v) is 13.5. The van der Waals surface area contributed by atoms with Crippen LogP contribution in [-0.2, 0) is 13.5 Å². The van der Waals surface area contributed by atoms with Crippen molar-refractivity contribution < 1.29 is 0 Å². The molecule has 19 heavy (non-hydrogen) atoms. The number of imidazole rings is 1. The van der Waals surface area contributed by atoms with Crippen molar-refractivity contribution in [2.45, 2.75) is 59.4 Å². The van der Waals surface area contributed by atoms with Crippen LogP contribution in [0.25, 0.3) is 0 Å². The Balaban J connectivity index is 2.47. The number of aryl methyl sites for hydroxylation is 2. The zero-order valence-electron chi connectivity index (χ0n) is 13.5. The van der Waals surface area contributed by atoms with Crippen LogP contribution >= 0.6 is 0 Å². The first-order chi connectivity index (χ1) is 8.78. The molecule has 1 rings (SSSR count).